The van der Waals surface area contributed by atoms with Gasteiger partial charge in [0.1, 0.15) is 16.9 Å². The number of nitro benzene ring substituents is 1. The van der Waals surface area contributed by atoms with Crippen LogP contribution in [0.3, 0.4) is 0 Å². The Labute approximate surface area is 182 Å². The topological polar surface area (TPSA) is 142 Å². The van der Waals surface area contributed by atoms with E-state index in [1.54, 1.807) is 10.9 Å². The van der Waals surface area contributed by atoms with E-state index in [2.05, 4.69) is 19.7 Å². The zero-order valence-corrected chi connectivity index (χ0v) is 18.2. The number of rotatable bonds is 7. The smallest absolute Gasteiger partial charge is 0.289 e. The molecule has 13 heteroatoms. The molecule has 0 aliphatic carbocycles. The number of imidazole rings is 1. The second-order valence-electron chi connectivity index (χ2n) is 6.79. The summed E-state index contributed by atoms with van der Waals surface area (Å²) in [4.78, 5) is 23.2. The van der Waals surface area contributed by atoms with Crippen molar-refractivity contribution < 1.29 is 18.1 Å². The molecule has 0 spiro atoms. The third-order valence-corrected chi connectivity index (χ3v) is 7.23. The van der Waals surface area contributed by atoms with E-state index in [0.29, 0.717) is 30.6 Å². The molecule has 1 N–H and O–H groups in total. The van der Waals surface area contributed by atoms with Crippen LogP contribution in [0.2, 0.25) is 0 Å². The Bertz CT molecular complexity index is 1220. The van der Waals surface area contributed by atoms with E-state index in [1.807, 2.05) is 6.92 Å². The monoisotopic (exact) mass is 464 g/mol. The van der Waals surface area contributed by atoms with Gasteiger partial charge in [-0.25, -0.2) is 28.1 Å². The van der Waals surface area contributed by atoms with Crippen molar-refractivity contribution in [2.75, 3.05) is 12.4 Å². The van der Waals surface area contributed by atoms with Crippen molar-refractivity contribution in [2.24, 2.45) is 0 Å². The molecule has 1 fully saturated rings. The van der Waals surface area contributed by atoms with Gasteiger partial charge in [-0.15, -0.1) is 11.8 Å². The maximum Gasteiger partial charge on any atom is 0.289 e. The van der Waals surface area contributed by atoms with Gasteiger partial charge in [0.25, 0.3) is 5.69 Å². The van der Waals surface area contributed by atoms with E-state index in [9.17, 15) is 18.5 Å². The van der Waals surface area contributed by atoms with Crippen LogP contribution in [-0.4, -0.2) is 51.3 Å². The van der Waals surface area contributed by atoms with Gasteiger partial charge >= 0.3 is 0 Å². The molecule has 1 aliphatic rings. The van der Waals surface area contributed by atoms with Crippen LogP contribution in [-0.2, 0) is 14.8 Å². The van der Waals surface area contributed by atoms with Gasteiger partial charge in [-0.05, 0) is 24.7 Å². The molecule has 164 valence electrons. The molecule has 3 aromatic rings. The van der Waals surface area contributed by atoms with E-state index in [0.717, 1.165) is 16.8 Å². The van der Waals surface area contributed by atoms with Crippen molar-refractivity contribution >= 4 is 38.6 Å². The average molecular weight is 465 g/mol. The number of sulfonamides is 1. The Morgan fingerprint density at radius 1 is 1.32 bits per heavy atom. The highest BCUT2D eigenvalue weighted by Gasteiger charge is 2.35. The molecule has 2 aromatic heterocycles. The lowest BCUT2D eigenvalue weighted by Gasteiger charge is -2.32. The maximum absolute atomic E-state index is 13.0. The molecule has 3 heterocycles. The molecular weight excluding hydrogens is 444 g/mol. The fourth-order valence-corrected chi connectivity index (χ4v) is 5.63. The number of hydrogen-bond acceptors (Lipinski definition) is 9. The number of nitro groups is 1. The lowest BCUT2D eigenvalue weighted by molar-refractivity contribution is -0.387. The Morgan fingerprint density at radius 2 is 2.13 bits per heavy atom. The molecule has 1 saturated heterocycles. The second kappa shape index (κ2) is 8.86. The number of nitrogens with one attached hydrogen (secondary N) is 1. The van der Waals surface area contributed by atoms with Crippen LogP contribution in [0.25, 0.3) is 11.2 Å². The number of benzene rings is 1. The minimum atomic E-state index is -4.17. The van der Waals surface area contributed by atoms with Gasteiger partial charge in [-0.3, -0.25) is 14.7 Å². The van der Waals surface area contributed by atoms with Gasteiger partial charge in [0, 0.05) is 12.7 Å². The molecule has 2 atom stereocenters. The molecule has 11 nitrogen and oxygen atoms in total. The van der Waals surface area contributed by atoms with Gasteiger partial charge in [0.05, 0.1) is 17.3 Å². The number of hydrogen-bond donors (Lipinski definition) is 1. The van der Waals surface area contributed by atoms with Crippen LogP contribution in [0.5, 0.6) is 0 Å². The Hall–Kier alpha value is -2.61. The Kier molecular flexibility index (Phi) is 6.18. The third-order valence-electron chi connectivity index (χ3n) is 4.83. The van der Waals surface area contributed by atoms with Crippen molar-refractivity contribution in [3.8, 4) is 0 Å². The fourth-order valence-electron chi connectivity index (χ4n) is 3.51. The number of thioether (sulfide) groups is 1. The molecule has 0 amide bonds. The molecule has 0 radical (unpaired) electrons. The van der Waals surface area contributed by atoms with Gasteiger partial charge in [0.2, 0.25) is 10.0 Å². The summed E-state index contributed by atoms with van der Waals surface area (Å²) in [5.74, 6) is 0.817. The summed E-state index contributed by atoms with van der Waals surface area (Å²) in [5, 5.41) is 12.0. The van der Waals surface area contributed by atoms with Crippen LogP contribution in [0.15, 0.2) is 46.8 Å². The number of ether oxygens (including phenoxy) is 1. The molecular formula is C18H20N6O5S2. The first-order chi connectivity index (χ1) is 14.9. The first kappa shape index (κ1) is 21.6. The van der Waals surface area contributed by atoms with Gasteiger partial charge in [-0.1, -0.05) is 19.1 Å². The summed E-state index contributed by atoms with van der Waals surface area (Å²) in [7, 11) is -4.17. The predicted molar refractivity (Wildman–Crippen MR) is 113 cm³/mol. The lowest BCUT2D eigenvalue weighted by atomic mass is 10.1. The van der Waals surface area contributed by atoms with E-state index < -0.39 is 32.9 Å². The van der Waals surface area contributed by atoms with Gasteiger partial charge < -0.3 is 4.74 Å². The first-order valence-corrected chi connectivity index (χ1v) is 12.1. The maximum atomic E-state index is 13.0. The zero-order chi connectivity index (χ0) is 22.0. The van der Waals surface area contributed by atoms with Crippen molar-refractivity contribution in [1.82, 2.24) is 24.2 Å². The lowest BCUT2D eigenvalue weighted by Crippen LogP contribution is -2.44. The molecule has 31 heavy (non-hydrogen) atoms. The molecule has 0 saturated carbocycles. The van der Waals surface area contributed by atoms with Crippen LogP contribution in [0.1, 0.15) is 26.0 Å². The number of fused-ring (bicyclic) bond motifs is 1. The standard InChI is InChI=1S/C18H20N6O5S2/c1-2-30-17-15-16(19-10-20-17)23(11-21-15)18-12(6-5-9-29-18)22-31(27,28)14-8-4-3-7-13(14)24(25)26/h3-4,7-8,10-12,18,22H,2,5-6,9H2,1H3/t12-,18-/m1/s1. The highest BCUT2D eigenvalue weighted by Crippen LogP contribution is 2.31. The summed E-state index contributed by atoms with van der Waals surface area (Å²) in [6.07, 6.45) is 3.42. The molecule has 4 rings (SSSR count). The highest BCUT2D eigenvalue weighted by molar-refractivity contribution is 7.99. The predicted octanol–water partition coefficient (Wildman–Crippen LogP) is 2.50. The van der Waals surface area contributed by atoms with E-state index in [-0.39, 0.29) is 4.90 Å². The number of nitrogens with zero attached hydrogens (tertiary/aromatic N) is 5. The number of aromatic nitrogens is 4. The van der Waals surface area contributed by atoms with Crippen LogP contribution in [0, 0.1) is 10.1 Å². The summed E-state index contributed by atoms with van der Waals surface area (Å²) >= 11 is 1.53. The first-order valence-electron chi connectivity index (χ1n) is 9.60. The largest absolute Gasteiger partial charge is 0.356 e. The molecule has 1 aromatic carbocycles. The van der Waals surface area contributed by atoms with Crippen molar-refractivity contribution in [3.05, 3.63) is 47.0 Å². The minimum absolute atomic E-state index is 0.385. The zero-order valence-electron chi connectivity index (χ0n) is 16.5. The fraction of sp³-hybridized carbons (Fsp3) is 0.389. The molecule has 0 bridgehead atoms. The van der Waals surface area contributed by atoms with Gasteiger partial charge in [-0.2, -0.15) is 0 Å². The third kappa shape index (κ3) is 4.26. The Morgan fingerprint density at radius 3 is 2.90 bits per heavy atom. The molecule has 1 aliphatic heterocycles. The van der Waals surface area contributed by atoms with E-state index in [1.165, 1.54) is 36.3 Å². The Balaban J connectivity index is 1.69. The average Bonchev–Trinajstić information content (AvgIpc) is 3.19. The summed E-state index contributed by atoms with van der Waals surface area (Å²) in [5.41, 5.74) is 0.668. The quantitative estimate of drug-likeness (QED) is 0.241. The van der Waals surface area contributed by atoms with Crippen molar-refractivity contribution in [1.29, 1.82) is 0 Å². The van der Waals surface area contributed by atoms with Crippen molar-refractivity contribution in [3.63, 3.8) is 0 Å². The number of para-hydroxylation sites is 1. The SMILES string of the molecule is CCSc1ncnc2c1ncn2[C@@H]1OCCC[C@H]1NS(=O)(=O)c1ccccc1[N+](=O)[O-]. The highest BCUT2D eigenvalue weighted by atomic mass is 32.2. The van der Waals surface area contributed by atoms with E-state index >= 15 is 0 Å². The minimum Gasteiger partial charge on any atom is -0.356 e. The second-order valence-corrected chi connectivity index (χ2v) is 9.73. The summed E-state index contributed by atoms with van der Waals surface area (Å²) in [6.45, 7) is 2.45. The van der Waals surface area contributed by atoms with Crippen LogP contribution in [0.4, 0.5) is 5.69 Å². The summed E-state index contributed by atoms with van der Waals surface area (Å²) < 4.78 is 36.2. The summed E-state index contributed by atoms with van der Waals surface area (Å²) in [6, 6.07) is 4.59. The normalized spacial score (nSPS) is 19.5. The van der Waals surface area contributed by atoms with E-state index in [4.69, 9.17) is 4.74 Å². The van der Waals surface area contributed by atoms with Crippen molar-refractivity contribution in [2.45, 2.75) is 42.0 Å². The van der Waals surface area contributed by atoms with Crippen LogP contribution >= 0.6 is 11.8 Å². The van der Waals surface area contributed by atoms with Gasteiger partial charge in [0.15, 0.2) is 16.8 Å². The molecule has 0 unspecified atom stereocenters. The van der Waals surface area contributed by atoms with Crippen LogP contribution < -0.4 is 4.72 Å².